The van der Waals surface area contributed by atoms with E-state index in [1.165, 1.54) is 18.4 Å². The highest BCUT2D eigenvalue weighted by atomic mass is 16.6. The fraction of sp³-hybridized carbons (Fsp3) is 0.650. The molecule has 0 spiro atoms. The molecule has 0 bridgehead atoms. The summed E-state index contributed by atoms with van der Waals surface area (Å²) in [6, 6.07) is 9.65. The van der Waals surface area contributed by atoms with Gasteiger partial charge in [0.2, 0.25) is 11.9 Å². The maximum atomic E-state index is 12.9. The lowest BCUT2D eigenvalue weighted by molar-refractivity contribution is -0.528. The van der Waals surface area contributed by atoms with Crippen LogP contribution in [0.1, 0.15) is 43.7 Å². The summed E-state index contributed by atoms with van der Waals surface area (Å²) in [6.45, 7) is 2.65. The summed E-state index contributed by atoms with van der Waals surface area (Å²) in [6.07, 6.45) is 4.13. The Labute approximate surface area is 165 Å². The van der Waals surface area contributed by atoms with Gasteiger partial charge in [0, 0.05) is 36.3 Å². The molecule has 1 aliphatic carbocycles. The number of hydrogen-bond acceptors (Lipinski definition) is 6. The molecular weight excluding hydrogens is 358 g/mol. The van der Waals surface area contributed by atoms with E-state index in [-0.39, 0.29) is 28.8 Å². The van der Waals surface area contributed by atoms with Crippen molar-refractivity contribution >= 4 is 5.91 Å². The largest absolute Gasteiger partial charge is 0.353 e. The van der Waals surface area contributed by atoms with Crippen molar-refractivity contribution < 1.29 is 9.72 Å². The minimum atomic E-state index is -0.542. The van der Waals surface area contributed by atoms with Crippen molar-refractivity contribution in [2.75, 3.05) is 19.6 Å². The number of nitrogens with zero attached hydrogens (tertiary/aromatic N) is 2. The van der Waals surface area contributed by atoms with Crippen LogP contribution in [0.3, 0.4) is 0 Å². The molecule has 0 radical (unpaired) electrons. The van der Waals surface area contributed by atoms with Crippen molar-refractivity contribution in [3.63, 3.8) is 0 Å². The first-order chi connectivity index (χ1) is 13.6. The molecule has 3 aliphatic rings. The third-order valence-corrected chi connectivity index (χ3v) is 6.54. The third-order valence-electron chi connectivity index (χ3n) is 6.54. The van der Waals surface area contributed by atoms with Crippen molar-refractivity contribution in [3.05, 3.63) is 46.0 Å². The van der Waals surface area contributed by atoms with Crippen molar-refractivity contribution in [1.82, 2.24) is 21.1 Å². The first kappa shape index (κ1) is 19.3. The molecule has 2 heterocycles. The predicted molar refractivity (Wildman–Crippen MR) is 105 cm³/mol. The van der Waals surface area contributed by atoms with Crippen LogP contribution >= 0.6 is 0 Å². The first-order valence-corrected chi connectivity index (χ1v) is 10.3. The molecule has 8 nitrogen and oxygen atoms in total. The Bertz CT molecular complexity index is 694. The first-order valence-electron chi connectivity index (χ1n) is 10.3. The molecule has 4 rings (SSSR count). The van der Waals surface area contributed by atoms with Crippen LogP contribution < -0.4 is 16.2 Å². The molecule has 1 amide bonds. The van der Waals surface area contributed by atoms with Crippen LogP contribution in [-0.2, 0) is 4.79 Å². The summed E-state index contributed by atoms with van der Waals surface area (Å²) in [5, 5.41) is 14.3. The van der Waals surface area contributed by atoms with Gasteiger partial charge in [-0.15, -0.1) is 0 Å². The lowest BCUT2D eigenvalue weighted by Gasteiger charge is -2.30. The summed E-state index contributed by atoms with van der Waals surface area (Å²) in [5.74, 6) is -0.102. The maximum absolute atomic E-state index is 12.9. The molecule has 0 aromatic heterocycles. The second kappa shape index (κ2) is 8.55. The molecule has 8 heteroatoms. The smallest absolute Gasteiger partial charge is 0.238 e. The normalized spacial score (nSPS) is 31.3. The standard InChI is InChI=1S/C20H29N5O3/c26-20(19-16-12-15(25(27)28)8-9-17(16)22-23-19)21-13-18(24-10-4-5-11-24)14-6-2-1-3-7-14/h1-3,6-7,15-19,22-23H,4-5,8-13H2,(H,21,26). The van der Waals surface area contributed by atoms with E-state index in [1.54, 1.807) is 0 Å². The second-order valence-electron chi connectivity index (χ2n) is 8.20. The van der Waals surface area contributed by atoms with Crippen LogP contribution in [0, 0.1) is 16.0 Å². The van der Waals surface area contributed by atoms with Gasteiger partial charge in [0.1, 0.15) is 6.04 Å². The zero-order chi connectivity index (χ0) is 19.5. The highest BCUT2D eigenvalue weighted by Crippen LogP contribution is 2.32. The second-order valence-corrected chi connectivity index (χ2v) is 8.20. The van der Waals surface area contributed by atoms with Gasteiger partial charge in [-0.2, -0.15) is 0 Å². The number of likely N-dealkylation sites (tertiary alicyclic amines) is 1. The van der Waals surface area contributed by atoms with Gasteiger partial charge in [-0.1, -0.05) is 30.3 Å². The summed E-state index contributed by atoms with van der Waals surface area (Å²) >= 11 is 0. The molecule has 3 N–H and O–H groups in total. The number of hydrazine groups is 1. The highest BCUT2D eigenvalue weighted by molar-refractivity contribution is 5.82. The predicted octanol–water partition coefficient (Wildman–Crippen LogP) is 1.23. The molecule has 5 unspecified atom stereocenters. The van der Waals surface area contributed by atoms with Gasteiger partial charge in [-0.25, -0.2) is 5.43 Å². The van der Waals surface area contributed by atoms with Crippen molar-refractivity contribution in [3.8, 4) is 0 Å². The molecule has 1 aromatic carbocycles. The van der Waals surface area contributed by atoms with Crippen LogP contribution in [0.2, 0.25) is 0 Å². The van der Waals surface area contributed by atoms with Gasteiger partial charge < -0.3 is 5.32 Å². The lowest BCUT2D eigenvalue weighted by Crippen LogP contribution is -2.49. The van der Waals surface area contributed by atoms with Crippen LogP contribution in [0.5, 0.6) is 0 Å². The number of hydrogen-bond donors (Lipinski definition) is 3. The number of benzene rings is 1. The van der Waals surface area contributed by atoms with Crippen LogP contribution in [0.25, 0.3) is 0 Å². The van der Waals surface area contributed by atoms with Crippen molar-refractivity contribution in [1.29, 1.82) is 0 Å². The Hall–Kier alpha value is -2.03. The topological polar surface area (TPSA) is 99.5 Å². The number of amides is 1. The van der Waals surface area contributed by atoms with Crippen LogP contribution in [0.4, 0.5) is 0 Å². The van der Waals surface area contributed by atoms with E-state index < -0.39 is 12.1 Å². The molecule has 1 saturated carbocycles. The Balaban J connectivity index is 1.40. The SMILES string of the molecule is O=C(NCC(c1ccccc1)N1CCCC1)C1NNC2CCC([N+](=O)[O-])CC21. The summed E-state index contributed by atoms with van der Waals surface area (Å²) in [5.41, 5.74) is 7.49. The Morgan fingerprint density at radius 2 is 1.96 bits per heavy atom. The molecule has 28 heavy (non-hydrogen) atoms. The van der Waals surface area contributed by atoms with E-state index in [2.05, 4.69) is 33.2 Å². The summed E-state index contributed by atoms with van der Waals surface area (Å²) in [7, 11) is 0. The fourth-order valence-corrected chi connectivity index (χ4v) is 4.98. The zero-order valence-corrected chi connectivity index (χ0v) is 16.0. The van der Waals surface area contributed by atoms with Gasteiger partial charge in [0.15, 0.2) is 0 Å². The molecule has 3 fully saturated rings. The number of nitrogens with one attached hydrogen (secondary N) is 3. The van der Waals surface area contributed by atoms with E-state index in [9.17, 15) is 14.9 Å². The quantitative estimate of drug-likeness (QED) is 0.502. The summed E-state index contributed by atoms with van der Waals surface area (Å²) < 4.78 is 0. The molecule has 2 saturated heterocycles. The minimum Gasteiger partial charge on any atom is -0.353 e. The van der Waals surface area contributed by atoms with E-state index in [4.69, 9.17) is 0 Å². The van der Waals surface area contributed by atoms with Gasteiger partial charge >= 0.3 is 0 Å². The number of rotatable bonds is 6. The third kappa shape index (κ3) is 4.04. The molecular formula is C20H29N5O3. The Morgan fingerprint density at radius 1 is 1.21 bits per heavy atom. The average molecular weight is 387 g/mol. The highest BCUT2D eigenvalue weighted by Gasteiger charge is 2.46. The minimum absolute atomic E-state index is 0.0360. The zero-order valence-electron chi connectivity index (χ0n) is 16.0. The average Bonchev–Trinajstić information content (AvgIpc) is 3.38. The van der Waals surface area contributed by atoms with Crippen molar-refractivity contribution in [2.24, 2.45) is 5.92 Å². The van der Waals surface area contributed by atoms with Crippen LogP contribution in [-0.4, -0.2) is 53.5 Å². The number of carbonyl (C=O) groups is 1. The number of nitro groups is 1. The molecule has 5 atom stereocenters. The van der Waals surface area contributed by atoms with Gasteiger partial charge in [-0.3, -0.25) is 25.2 Å². The van der Waals surface area contributed by atoms with Gasteiger partial charge in [0.05, 0.1) is 6.04 Å². The van der Waals surface area contributed by atoms with E-state index in [0.717, 1.165) is 19.5 Å². The Morgan fingerprint density at radius 3 is 2.68 bits per heavy atom. The summed E-state index contributed by atoms with van der Waals surface area (Å²) in [4.78, 5) is 26.4. The molecule has 152 valence electrons. The monoisotopic (exact) mass is 387 g/mol. The molecule has 1 aromatic rings. The van der Waals surface area contributed by atoms with E-state index in [1.807, 2.05) is 18.2 Å². The number of fused-ring (bicyclic) bond motifs is 1. The number of carbonyl (C=O) groups excluding carboxylic acids is 1. The van der Waals surface area contributed by atoms with Gasteiger partial charge in [-0.05, 0) is 37.9 Å². The van der Waals surface area contributed by atoms with Crippen molar-refractivity contribution in [2.45, 2.75) is 56.3 Å². The lowest BCUT2D eigenvalue weighted by atomic mass is 9.79. The molecule has 2 aliphatic heterocycles. The van der Waals surface area contributed by atoms with Gasteiger partial charge in [0.25, 0.3) is 0 Å². The Kier molecular flexibility index (Phi) is 5.89. The maximum Gasteiger partial charge on any atom is 0.238 e. The van der Waals surface area contributed by atoms with E-state index in [0.29, 0.717) is 19.4 Å². The van der Waals surface area contributed by atoms with Crippen LogP contribution in [0.15, 0.2) is 30.3 Å². The fourth-order valence-electron chi connectivity index (χ4n) is 4.98. The van der Waals surface area contributed by atoms with E-state index >= 15 is 0 Å².